The zero-order valence-corrected chi connectivity index (χ0v) is 22.5. The summed E-state index contributed by atoms with van der Waals surface area (Å²) in [6.07, 6.45) is 0.107. The molecule has 6 rings (SSSR count). The number of aromatic amines is 1. The van der Waals surface area contributed by atoms with Crippen LogP contribution in [0.4, 0.5) is 0 Å². The Labute approximate surface area is 231 Å². The van der Waals surface area contributed by atoms with Gasteiger partial charge < -0.3 is 18.5 Å². The molecule has 0 fully saturated rings. The van der Waals surface area contributed by atoms with Crippen molar-refractivity contribution < 1.29 is 23.1 Å². The monoisotopic (exact) mass is 554 g/mol. The molecule has 0 saturated heterocycles. The van der Waals surface area contributed by atoms with Crippen LogP contribution in [-0.2, 0) is 38.2 Å². The van der Waals surface area contributed by atoms with Gasteiger partial charge in [0.1, 0.15) is 17.2 Å². The van der Waals surface area contributed by atoms with Crippen LogP contribution in [0.2, 0.25) is 0 Å². The topological polar surface area (TPSA) is 99.7 Å². The van der Waals surface area contributed by atoms with E-state index in [2.05, 4.69) is 10.2 Å². The van der Waals surface area contributed by atoms with Gasteiger partial charge in [0.15, 0.2) is 0 Å². The molecule has 40 heavy (non-hydrogen) atoms. The first-order chi connectivity index (χ1) is 19.6. The Bertz CT molecular complexity index is 1690. The van der Waals surface area contributed by atoms with Crippen LogP contribution in [-0.4, -0.2) is 23.0 Å². The summed E-state index contributed by atoms with van der Waals surface area (Å²) in [5.74, 6) is 1.25. The van der Waals surface area contributed by atoms with Crippen LogP contribution < -0.4 is 10.3 Å². The summed E-state index contributed by atoms with van der Waals surface area (Å²) in [5.41, 5.74) is 3.86. The molecule has 0 saturated carbocycles. The third kappa shape index (κ3) is 5.76. The quantitative estimate of drug-likeness (QED) is 0.138. The minimum Gasteiger partial charge on any atom is -0.456 e. The first-order valence-corrected chi connectivity index (χ1v) is 14.7. The van der Waals surface area contributed by atoms with E-state index < -0.39 is 7.60 Å². The molecule has 5 aromatic rings. The van der Waals surface area contributed by atoms with Gasteiger partial charge in [-0.3, -0.25) is 9.36 Å². The Hall–Kier alpha value is -4.07. The van der Waals surface area contributed by atoms with Gasteiger partial charge in [0.05, 0.1) is 43.4 Å². The lowest BCUT2D eigenvalue weighted by Gasteiger charge is -2.21. The van der Waals surface area contributed by atoms with Crippen molar-refractivity contribution in [2.75, 3.05) is 12.8 Å². The number of ether oxygens (including phenoxy) is 2. The van der Waals surface area contributed by atoms with E-state index in [9.17, 15) is 9.36 Å². The number of H-pyrrole nitrogens is 1. The van der Waals surface area contributed by atoms with E-state index >= 15 is 0 Å². The van der Waals surface area contributed by atoms with Crippen LogP contribution in [0.5, 0.6) is 11.5 Å². The van der Waals surface area contributed by atoms with Crippen LogP contribution in [0, 0.1) is 0 Å². The minimum absolute atomic E-state index is 0.107. The fourth-order valence-electron chi connectivity index (χ4n) is 4.55. The maximum Gasteiger partial charge on any atom is 0.333 e. The number of hydrogen-bond acceptors (Lipinski definition) is 7. The van der Waals surface area contributed by atoms with E-state index in [1.54, 1.807) is 12.1 Å². The van der Waals surface area contributed by atoms with E-state index in [1.807, 2.05) is 84.9 Å². The molecule has 1 aliphatic rings. The molecule has 0 unspecified atom stereocenters. The molecule has 4 aromatic carbocycles. The zero-order chi connectivity index (χ0) is 27.4. The van der Waals surface area contributed by atoms with Crippen molar-refractivity contribution in [2.24, 2.45) is 0 Å². The van der Waals surface area contributed by atoms with Gasteiger partial charge in [-0.25, -0.2) is 5.10 Å². The summed E-state index contributed by atoms with van der Waals surface area (Å²) in [6.45, 7) is 0.816. The van der Waals surface area contributed by atoms with Gasteiger partial charge in [0, 0.05) is 5.56 Å². The number of fused-ring (bicyclic) bond motifs is 2. The van der Waals surface area contributed by atoms with E-state index in [0.717, 1.165) is 22.3 Å². The summed E-state index contributed by atoms with van der Waals surface area (Å²) in [5, 5.41) is 8.10. The van der Waals surface area contributed by atoms with Gasteiger partial charge in [0.2, 0.25) is 0 Å². The predicted molar refractivity (Wildman–Crippen MR) is 152 cm³/mol. The highest BCUT2D eigenvalue weighted by Gasteiger charge is 2.26. The maximum absolute atomic E-state index is 13.6. The minimum atomic E-state index is -3.45. The molecular weight excluding hydrogens is 527 g/mol. The Morgan fingerprint density at radius 2 is 1.45 bits per heavy atom. The van der Waals surface area contributed by atoms with Crippen LogP contribution in [0.25, 0.3) is 22.0 Å². The van der Waals surface area contributed by atoms with E-state index in [4.69, 9.17) is 18.5 Å². The molecule has 9 heteroatoms. The van der Waals surface area contributed by atoms with Crippen molar-refractivity contribution in [3.05, 3.63) is 124 Å². The number of rotatable bonds is 11. The summed E-state index contributed by atoms with van der Waals surface area (Å²) in [7, 11) is -3.45. The van der Waals surface area contributed by atoms with Gasteiger partial charge in [-0.2, -0.15) is 5.10 Å². The smallest absolute Gasteiger partial charge is 0.333 e. The second-order valence-electron chi connectivity index (χ2n) is 9.42. The van der Waals surface area contributed by atoms with Crippen molar-refractivity contribution in [3.8, 4) is 22.8 Å². The molecule has 1 aliphatic heterocycles. The largest absolute Gasteiger partial charge is 0.456 e. The van der Waals surface area contributed by atoms with Crippen LogP contribution >= 0.6 is 7.60 Å². The Balaban J connectivity index is 1.13. The average molecular weight is 555 g/mol. The zero-order valence-electron chi connectivity index (χ0n) is 21.6. The molecule has 8 nitrogen and oxygen atoms in total. The molecule has 2 heterocycles. The third-order valence-electron chi connectivity index (χ3n) is 6.62. The van der Waals surface area contributed by atoms with Crippen molar-refractivity contribution >= 4 is 18.4 Å². The molecule has 1 N–H and O–H groups in total. The normalized spacial score (nSPS) is 12.2. The molecule has 0 spiro atoms. The fraction of sp³-hybridized carbons (Fsp3) is 0.161. The number of nitrogens with zero attached hydrogens (tertiary/aromatic N) is 1. The Morgan fingerprint density at radius 3 is 2.15 bits per heavy atom. The van der Waals surface area contributed by atoms with Gasteiger partial charge in [-0.1, -0.05) is 72.8 Å². The molecular formula is C31H27N2O6P. The third-order valence-corrected chi connectivity index (χ3v) is 8.39. The average Bonchev–Trinajstić information content (AvgIpc) is 3.00. The van der Waals surface area contributed by atoms with Crippen LogP contribution in [0.15, 0.2) is 102 Å². The number of benzene rings is 4. The summed E-state index contributed by atoms with van der Waals surface area (Å²) in [6, 6.07) is 30.2. The highest BCUT2D eigenvalue weighted by molar-refractivity contribution is 7.53. The SMILES string of the molecule is O=c1[nH]nc2c3c(cccc13)Oc1ccc(COCCP(=O)(OCc3ccccc3)OCc3ccccc3)cc1-2. The molecule has 0 atom stereocenters. The second kappa shape index (κ2) is 11.6. The molecule has 1 aromatic heterocycles. The predicted octanol–water partition coefficient (Wildman–Crippen LogP) is 6.84. The van der Waals surface area contributed by atoms with Crippen molar-refractivity contribution in [1.29, 1.82) is 0 Å². The number of nitrogens with one attached hydrogen (secondary N) is 1. The van der Waals surface area contributed by atoms with Gasteiger partial charge in [-0.05, 0) is 41.0 Å². The first kappa shape index (κ1) is 26.2. The molecule has 0 amide bonds. The lowest BCUT2D eigenvalue weighted by atomic mass is 9.99. The fourth-order valence-corrected chi connectivity index (χ4v) is 5.93. The van der Waals surface area contributed by atoms with Gasteiger partial charge in [-0.15, -0.1) is 0 Å². The molecule has 0 bridgehead atoms. The summed E-state index contributed by atoms with van der Waals surface area (Å²) >= 11 is 0. The van der Waals surface area contributed by atoms with Crippen molar-refractivity contribution in [1.82, 2.24) is 10.2 Å². The highest BCUT2D eigenvalue weighted by Crippen LogP contribution is 2.49. The standard InChI is InChI=1S/C31H27N2O6P/c34-31-25-12-7-13-28-29(25)30(32-33-31)26-18-24(14-15-27(26)39-28)19-36-16-17-40(35,37-20-22-8-3-1-4-9-22)38-21-23-10-5-2-6-11-23/h1-15,18H,16-17,19-21H2,(H,33,34). The van der Waals surface area contributed by atoms with Gasteiger partial charge >= 0.3 is 7.60 Å². The number of aromatic nitrogens is 2. The van der Waals surface area contributed by atoms with Crippen molar-refractivity contribution in [2.45, 2.75) is 19.8 Å². The lowest BCUT2D eigenvalue weighted by Crippen LogP contribution is -2.12. The van der Waals surface area contributed by atoms with Crippen LogP contribution in [0.3, 0.4) is 0 Å². The Morgan fingerprint density at radius 1 is 0.750 bits per heavy atom. The van der Waals surface area contributed by atoms with Crippen molar-refractivity contribution in [3.63, 3.8) is 0 Å². The van der Waals surface area contributed by atoms with Crippen LogP contribution in [0.1, 0.15) is 16.7 Å². The lowest BCUT2D eigenvalue weighted by molar-refractivity contribution is 0.124. The number of hydrogen-bond donors (Lipinski definition) is 1. The maximum atomic E-state index is 13.6. The second-order valence-corrected chi connectivity index (χ2v) is 11.6. The molecule has 0 radical (unpaired) electrons. The summed E-state index contributed by atoms with van der Waals surface area (Å²) in [4.78, 5) is 12.3. The molecule has 202 valence electrons. The molecule has 0 aliphatic carbocycles. The van der Waals surface area contributed by atoms with Gasteiger partial charge in [0.25, 0.3) is 5.56 Å². The van der Waals surface area contributed by atoms with E-state index in [0.29, 0.717) is 28.0 Å². The summed E-state index contributed by atoms with van der Waals surface area (Å²) < 4.78 is 37.3. The highest BCUT2D eigenvalue weighted by atomic mass is 31.2. The van der Waals surface area contributed by atoms with E-state index in [-0.39, 0.29) is 38.1 Å². The Kier molecular flexibility index (Phi) is 7.58. The van der Waals surface area contributed by atoms with E-state index in [1.165, 1.54) is 0 Å². The first-order valence-electron chi connectivity index (χ1n) is 12.9.